The third kappa shape index (κ3) is 4.60. The van der Waals surface area contributed by atoms with Gasteiger partial charge in [0.1, 0.15) is 42.4 Å². The number of rotatable bonds is 2. The quantitative estimate of drug-likeness (QED) is 0.261. The highest BCUT2D eigenvalue weighted by molar-refractivity contribution is 7.46. The predicted octanol–water partition coefficient (Wildman–Crippen LogP) is -1.84. The normalized spacial score (nSPS) is 32.1. The van der Waals surface area contributed by atoms with Crippen molar-refractivity contribution >= 4 is 18.7 Å². The molecule has 146 valence electrons. The molecule has 12 heteroatoms. The van der Waals surface area contributed by atoms with Crippen molar-refractivity contribution in [3.8, 4) is 5.75 Å². The standard InChI is InChI=1S/C8H7NO.C6H13O9P/c10-8-5-9-7-4-2-1-3-6(7)8;7-1-2(8)4(10)6(5(11)3(1)9)15-16(12,13)14/h1-5,9-10H;1-11H,(H2,12,13,14)/t;1-,2-,3+,4-,5-,6-/m.0/s1. The molecule has 1 saturated carbocycles. The molecule has 2 aromatic rings. The Hall–Kier alpha value is -1.53. The summed E-state index contributed by atoms with van der Waals surface area (Å²) in [5.74, 6) is 0.315. The number of H-pyrrole nitrogens is 1. The SMILES string of the molecule is O=P(O)(O)O[C@@H]1[C@@H](O)[C@H](O)[C@@H](O)[C@H](O)[C@@H]1O.Oc1c[nH]c2ccccc12. The molecule has 1 aromatic carbocycles. The first kappa shape index (κ1) is 20.8. The molecule has 9 N–H and O–H groups in total. The van der Waals surface area contributed by atoms with Gasteiger partial charge in [0.2, 0.25) is 0 Å². The number of fused-ring (bicyclic) bond motifs is 1. The van der Waals surface area contributed by atoms with E-state index in [0.717, 1.165) is 10.9 Å². The number of aromatic amines is 1. The summed E-state index contributed by atoms with van der Waals surface area (Å²) in [4.78, 5) is 19.9. The molecule has 0 aliphatic heterocycles. The van der Waals surface area contributed by atoms with E-state index in [4.69, 9.17) is 14.9 Å². The van der Waals surface area contributed by atoms with Crippen LogP contribution in [-0.2, 0) is 9.09 Å². The summed E-state index contributed by atoms with van der Waals surface area (Å²) in [5, 5.41) is 56.2. The van der Waals surface area contributed by atoms with E-state index in [9.17, 15) is 30.1 Å². The molecule has 1 aromatic heterocycles. The molecular formula is C14H20NO10P. The molecule has 0 bridgehead atoms. The predicted molar refractivity (Wildman–Crippen MR) is 86.9 cm³/mol. The number of nitrogens with one attached hydrogen (secondary N) is 1. The number of aliphatic hydroxyl groups is 5. The minimum Gasteiger partial charge on any atom is -0.506 e. The molecule has 1 fully saturated rings. The fourth-order valence-electron chi connectivity index (χ4n) is 2.54. The van der Waals surface area contributed by atoms with Crippen LogP contribution in [0.2, 0.25) is 0 Å². The average molecular weight is 393 g/mol. The second kappa shape index (κ2) is 8.01. The third-order valence-electron chi connectivity index (χ3n) is 3.90. The Bertz CT molecular complexity index is 760. The summed E-state index contributed by atoms with van der Waals surface area (Å²) >= 11 is 0. The summed E-state index contributed by atoms with van der Waals surface area (Å²) in [7, 11) is -5.01. The zero-order chi connectivity index (χ0) is 19.6. The van der Waals surface area contributed by atoms with E-state index in [1.54, 1.807) is 6.20 Å². The van der Waals surface area contributed by atoms with Crippen molar-refractivity contribution in [3.05, 3.63) is 30.5 Å². The summed E-state index contributed by atoms with van der Waals surface area (Å²) in [6.07, 6.45) is -9.76. The topological polar surface area (TPSA) is 204 Å². The average Bonchev–Trinajstić information content (AvgIpc) is 2.97. The van der Waals surface area contributed by atoms with E-state index in [0.29, 0.717) is 5.75 Å². The van der Waals surface area contributed by atoms with Crippen LogP contribution in [-0.4, -0.2) is 82.0 Å². The molecular weight excluding hydrogens is 373 g/mol. The lowest BCUT2D eigenvalue weighted by Gasteiger charge is -2.41. The molecule has 1 heterocycles. The molecule has 0 saturated heterocycles. The monoisotopic (exact) mass is 393 g/mol. The van der Waals surface area contributed by atoms with E-state index in [1.807, 2.05) is 24.3 Å². The van der Waals surface area contributed by atoms with Crippen molar-refractivity contribution in [2.75, 3.05) is 0 Å². The van der Waals surface area contributed by atoms with E-state index >= 15 is 0 Å². The first-order valence-corrected chi connectivity index (χ1v) is 8.95. The molecule has 6 atom stereocenters. The molecule has 0 radical (unpaired) electrons. The van der Waals surface area contributed by atoms with Gasteiger partial charge in [-0.1, -0.05) is 12.1 Å². The van der Waals surface area contributed by atoms with Crippen molar-refractivity contribution in [2.45, 2.75) is 36.6 Å². The van der Waals surface area contributed by atoms with Gasteiger partial charge in [-0.2, -0.15) is 0 Å². The Morgan fingerprint density at radius 2 is 1.38 bits per heavy atom. The highest BCUT2D eigenvalue weighted by atomic mass is 31.2. The fourth-order valence-corrected chi connectivity index (χ4v) is 3.10. The highest BCUT2D eigenvalue weighted by Gasteiger charge is 2.50. The number of hydrogen-bond donors (Lipinski definition) is 9. The minimum atomic E-state index is -5.01. The maximum absolute atomic E-state index is 10.5. The van der Waals surface area contributed by atoms with Crippen LogP contribution in [0.5, 0.6) is 5.75 Å². The van der Waals surface area contributed by atoms with Gasteiger partial charge in [-0.25, -0.2) is 4.57 Å². The van der Waals surface area contributed by atoms with Crippen LogP contribution in [0, 0.1) is 0 Å². The van der Waals surface area contributed by atoms with Crippen LogP contribution >= 0.6 is 7.82 Å². The fraction of sp³-hybridized carbons (Fsp3) is 0.429. The van der Waals surface area contributed by atoms with Crippen LogP contribution < -0.4 is 0 Å². The summed E-state index contributed by atoms with van der Waals surface area (Å²) in [5.41, 5.74) is 0.972. The summed E-state index contributed by atoms with van der Waals surface area (Å²) in [6.45, 7) is 0. The van der Waals surface area contributed by atoms with Gasteiger partial charge in [0.25, 0.3) is 0 Å². The van der Waals surface area contributed by atoms with Crippen LogP contribution in [0.25, 0.3) is 10.9 Å². The van der Waals surface area contributed by atoms with E-state index in [1.165, 1.54) is 0 Å². The lowest BCUT2D eigenvalue weighted by Crippen LogP contribution is -2.64. The Morgan fingerprint density at radius 1 is 0.885 bits per heavy atom. The van der Waals surface area contributed by atoms with Crippen molar-refractivity contribution < 1.29 is 49.5 Å². The second-order valence-electron chi connectivity index (χ2n) is 5.73. The van der Waals surface area contributed by atoms with E-state index in [2.05, 4.69) is 9.51 Å². The van der Waals surface area contributed by atoms with Crippen LogP contribution in [0.4, 0.5) is 0 Å². The molecule has 1 aliphatic carbocycles. The van der Waals surface area contributed by atoms with Crippen molar-refractivity contribution in [1.29, 1.82) is 0 Å². The van der Waals surface area contributed by atoms with Crippen LogP contribution in [0.3, 0.4) is 0 Å². The van der Waals surface area contributed by atoms with Gasteiger partial charge in [0.05, 0.1) is 0 Å². The van der Waals surface area contributed by atoms with Gasteiger partial charge >= 0.3 is 7.82 Å². The van der Waals surface area contributed by atoms with Crippen molar-refractivity contribution in [2.24, 2.45) is 0 Å². The van der Waals surface area contributed by atoms with Crippen LogP contribution in [0.15, 0.2) is 30.5 Å². The molecule has 26 heavy (non-hydrogen) atoms. The number of aromatic hydroxyl groups is 1. The van der Waals surface area contributed by atoms with Gasteiger partial charge < -0.3 is 45.4 Å². The number of aromatic nitrogens is 1. The van der Waals surface area contributed by atoms with Gasteiger partial charge in [-0.3, -0.25) is 4.52 Å². The molecule has 0 amide bonds. The number of benzene rings is 1. The second-order valence-corrected chi connectivity index (χ2v) is 6.93. The maximum Gasteiger partial charge on any atom is 0.470 e. The number of para-hydroxylation sites is 1. The molecule has 0 spiro atoms. The van der Waals surface area contributed by atoms with Gasteiger partial charge in [-0.05, 0) is 12.1 Å². The molecule has 3 rings (SSSR count). The Balaban J connectivity index is 0.000000206. The van der Waals surface area contributed by atoms with Gasteiger partial charge in [-0.15, -0.1) is 0 Å². The number of phosphoric acid groups is 1. The van der Waals surface area contributed by atoms with E-state index in [-0.39, 0.29) is 0 Å². The lowest BCUT2D eigenvalue weighted by molar-refractivity contribution is -0.219. The van der Waals surface area contributed by atoms with Crippen LogP contribution in [0.1, 0.15) is 0 Å². The molecule has 1 aliphatic rings. The Labute approximate surface area is 147 Å². The number of hydrogen-bond acceptors (Lipinski definition) is 8. The summed E-state index contributed by atoms with van der Waals surface area (Å²) in [6, 6.07) is 7.63. The minimum absolute atomic E-state index is 0.315. The van der Waals surface area contributed by atoms with Crippen molar-refractivity contribution in [3.63, 3.8) is 0 Å². The van der Waals surface area contributed by atoms with Crippen molar-refractivity contribution in [1.82, 2.24) is 4.98 Å². The number of aliphatic hydroxyl groups excluding tert-OH is 5. The Kier molecular flexibility index (Phi) is 6.40. The highest BCUT2D eigenvalue weighted by Crippen LogP contribution is 2.41. The maximum atomic E-state index is 10.5. The largest absolute Gasteiger partial charge is 0.506 e. The third-order valence-corrected chi connectivity index (χ3v) is 4.42. The zero-order valence-electron chi connectivity index (χ0n) is 13.2. The van der Waals surface area contributed by atoms with E-state index < -0.39 is 44.4 Å². The zero-order valence-corrected chi connectivity index (χ0v) is 14.1. The molecule has 0 unspecified atom stereocenters. The Morgan fingerprint density at radius 3 is 1.88 bits per heavy atom. The molecule has 11 nitrogen and oxygen atoms in total. The smallest absolute Gasteiger partial charge is 0.470 e. The summed E-state index contributed by atoms with van der Waals surface area (Å²) < 4.78 is 14.5. The van der Waals surface area contributed by atoms with Gasteiger partial charge in [0, 0.05) is 17.1 Å². The first-order valence-electron chi connectivity index (χ1n) is 7.42. The number of phosphoric ester groups is 1. The lowest BCUT2D eigenvalue weighted by atomic mass is 9.85. The first-order chi connectivity index (χ1) is 12.0. The van der Waals surface area contributed by atoms with Gasteiger partial charge in [0.15, 0.2) is 0 Å².